The summed E-state index contributed by atoms with van der Waals surface area (Å²) in [6, 6.07) is 16.7. The van der Waals surface area contributed by atoms with Gasteiger partial charge >= 0.3 is 5.97 Å². The van der Waals surface area contributed by atoms with Gasteiger partial charge in [-0.15, -0.1) is 0 Å². The number of amides is 1. The van der Waals surface area contributed by atoms with E-state index in [-0.39, 0.29) is 29.6 Å². The van der Waals surface area contributed by atoms with Crippen LogP contribution < -0.4 is 0 Å². The first-order valence-corrected chi connectivity index (χ1v) is 9.40. The van der Waals surface area contributed by atoms with Crippen molar-refractivity contribution in [1.29, 1.82) is 0 Å². The highest BCUT2D eigenvalue weighted by Crippen LogP contribution is 2.40. The van der Waals surface area contributed by atoms with Crippen LogP contribution in [0.5, 0.6) is 0 Å². The number of rotatable bonds is 6. The molecule has 2 aliphatic heterocycles. The van der Waals surface area contributed by atoms with E-state index in [0.717, 1.165) is 30.4 Å². The molecule has 27 heavy (non-hydrogen) atoms. The number of carbonyl (C=O) groups excluding carboxylic acids is 1. The minimum atomic E-state index is -0.946. The highest BCUT2D eigenvalue weighted by atomic mass is 16.5. The third kappa shape index (κ3) is 3.88. The average molecular weight is 365 g/mol. The van der Waals surface area contributed by atoms with Gasteiger partial charge in [-0.2, -0.15) is 0 Å². The smallest absolute Gasteiger partial charge is 0.335 e. The number of hydrogen-bond acceptors (Lipinski definition) is 3. The van der Waals surface area contributed by atoms with Crippen LogP contribution in [0.15, 0.2) is 54.6 Å². The fraction of sp³-hybridized carbons (Fsp3) is 0.364. The van der Waals surface area contributed by atoms with Crippen molar-refractivity contribution in [2.24, 2.45) is 5.92 Å². The summed E-state index contributed by atoms with van der Waals surface area (Å²) in [7, 11) is 0. The van der Waals surface area contributed by atoms with E-state index in [9.17, 15) is 9.59 Å². The average Bonchev–Trinajstić information content (AvgIpc) is 3.32. The van der Waals surface area contributed by atoms with Crippen LogP contribution >= 0.6 is 0 Å². The van der Waals surface area contributed by atoms with Crippen LogP contribution in [-0.2, 0) is 22.6 Å². The summed E-state index contributed by atoms with van der Waals surface area (Å²) in [5, 5.41) is 9.07. The van der Waals surface area contributed by atoms with E-state index in [1.807, 2.05) is 35.2 Å². The van der Waals surface area contributed by atoms with Crippen LogP contribution in [0.25, 0.3) is 0 Å². The number of carboxylic acids is 1. The fourth-order valence-electron chi connectivity index (χ4n) is 4.12. The summed E-state index contributed by atoms with van der Waals surface area (Å²) in [6.07, 6.45) is 3.12. The normalized spacial score (nSPS) is 23.3. The number of carboxylic acid groups (broad SMARTS) is 1. The van der Waals surface area contributed by atoms with Gasteiger partial charge < -0.3 is 14.7 Å². The Hall–Kier alpha value is -2.66. The second-order valence-electron chi connectivity index (χ2n) is 7.40. The molecule has 0 aliphatic carbocycles. The van der Waals surface area contributed by atoms with Crippen LogP contribution in [0.1, 0.15) is 40.7 Å². The number of benzene rings is 2. The monoisotopic (exact) mass is 365 g/mol. The highest BCUT2D eigenvalue weighted by molar-refractivity contribution is 5.87. The summed E-state index contributed by atoms with van der Waals surface area (Å²) >= 11 is 0. The van der Waals surface area contributed by atoms with Crippen LogP contribution in [0, 0.1) is 5.92 Å². The quantitative estimate of drug-likeness (QED) is 0.851. The molecule has 1 unspecified atom stereocenters. The van der Waals surface area contributed by atoms with Crippen LogP contribution in [0.3, 0.4) is 0 Å². The molecule has 2 aliphatic rings. The minimum absolute atomic E-state index is 0.0511. The topological polar surface area (TPSA) is 66.8 Å². The van der Waals surface area contributed by atoms with Crippen molar-refractivity contribution in [3.05, 3.63) is 71.3 Å². The van der Waals surface area contributed by atoms with E-state index in [2.05, 4.69) is 0 Å². The van der Waals surface area contributed by atoms with Crippen molar-refractivity contribution in [3.63, 3.8) is 0 Å². The molecule has 5 heteroatoms. The Balaban J connectivity index is 1.53. The molecule has 2 saturated heterocycles. The molecule has 4 rings (SSSR count). The first kappa shape index (κ1) is 17.7. The Morgan fingerprint density at radius 3 is 2.19 bits per heavy atom. The number of nitrogens with zero attached hydrogens (tertiary/aromatic N) is 1. The van der Waals surface area contributed by atoms with Gasteiger partial charge in [0.25, 0.3) is 0 Å². The SMILES string of the molecule is O=C(O)c1ccc(CN(Cc2ccccc2)C(=O)C2C[C@H]3CC[C@@H]2O3)cc1. The van der Waals surface area contributed by atoms with Crippen molar-refractivity contribution in [3.8, 4) is 0 Å². The molecule has 0 saturated carbocycles. The van der Waals surface area contributed by atoms with Gasteiger partial charge in [-0.3, -0.25) is 4.79 Å². The van der Waals surface area contributed by atoms with Gasteiger partial charge in [-0.05, 0) is 42.5 Å². The Labute approximate surface area is 158 Å². The lowest BCUT2D eigenvalue weighted by atomic mass is 9.88. The molecule has 5 nitrogen and oxygen atoms in total. The number of hydrogen-bond donors (Lipinski definition) is 1. The zero-order valence-corrected chi connectivity index (χ0v) is 15.1. The Morgan fingerprint density at radius 2 is 1.63 bits per heavy atom. The molecule has 3 atom stereocenters. The summed E-state index contributed by atoms with van der Waals surface area (Å²) in [5.41, 5.74) is 2.26. The van der Waals surface area contributed by atoms with Crippen molar-refractivity contribution in [1.82, 2.24) is 4.90 Å². The van der Waals surface area contributed by atoms with Crippen molar-refractivity contribution >= 4 is 11.9 Å². The Kier molecular flexibility index (Phi) is 4.94. The van der Waals surface area contributed by atoms with Crippen molar-refractivity contribution < 1.29 is 19.4 Å². The van der Waals surface area contributed by atoms with Gasteiger partial charge in [-0.25, -0.2) is 4.79 Å². The van der Waals surface area contributed by atoms with Gasteiger partial charge in [0, 0.05) is 13.1 Å². The lowest BCUT2D eigenvalue weighted by Crippen LogP contribution is -2.39. The Bertz CT molecular complexity index is 818. The van der Waals surface area contributed by atoms with Gasteiger partial charge in [-0.1, -0.05) is 42.5 Å². The van der Waals surface area contributed by atoms with Crippen LogP contribution in [0.4, 0.5) is 0 Å². The maximum atomic E-state index is 13.3. The molecular weight excluding hydrogens is 342 g/mol. The molecule has 2 heterocycles. The van der Waals surface area contributed by atoms with Gasteiger partial charge in [0.05, 0.1) is 23.7 Å². The minimum Gasteiger partial charge on any atom is -0.478 e. The molecular formula is C22H23NO4. The van der Waals surface area contributed by atoms with Crippen LogP contribution in [0.2, 0.25) is 0 Å². The standard InChI is InChI=1S/C22H23NO4/c24-21(19-12-18-10-11-20(19)27-18)23(13-15-4-2-1-3-5-15)14-16-6-8-17(9-7-16)22(25)26/h1-9,18-20H,10-14H2,(H,25,26)/t18-,19?,20+/m1/s1. The predicted molar refractivity (Wildman–Crippen MR) is 100 cm³/mol. The summed E-state index contributed by atoms with van der Waals surface area (Å²) in [6.45, 7) is 0.996. The molecule has 0 radical (unpaired) electrons. The molecule has 2 bridgehead atoms. The maximum absolute atomic E-state index is 13.3. The largest absolute Gasteiger partial charge is 0.478 e. The zero-order chi connectivity index (χ0) is 18.8. The van der Waals surface area contributed by atoms with E-state index in [0.29, 0.717) is 13.1 Å². The number of ether oxygens (including phenoxy) is 1. The van der Waals surface area contributed by atoms with Gasteiger partial charge in [0.15, 0.2) is 0 Å². The first-order chi connectivity index (χ1) is 13.1. The molecule has 0 spiro atoms. The maximum Gasteiger partial charge on any atom is 0.335 e. The molecule has 1 N–H and O–H groups in total. The van der Waals surface area contributed by atoms with E-state index < -0.39 is 5.97 Å². The van der Waals surface area contributed by atoms with E-state index >= 15 is 0 Å². The molecule has 140 valence electrons. The molecule has 2 aromatic carbocycles. The van der Waals surface area contributed by atoms with Crippen LogP contribution in [-0.4, -0.2) is 34.1 Å². The lowest BCUT2D eigenvalue weighted by Gasteiger charge is -2.28. The summed E-state index contributed by atoms with van der Waals surface area (Å²) in [4.78, 5) is 26.2. The summed E-state index contributed by atoms with van der Waals surface area (Å²) in [5.74, 6) is -0.878. The van der Waals surface area contributed by atoms with Gasteiger partial charge in [0.1, 0.15) is 0 Å². The molecule has 0 aromatic heterocycles. The number of carbonyl (C=O) groups is 2. The zero-order valence-electron chi connectivity index (χ0n) is 15.1. The van der Waals surface area contributed by atoms with E-state index in [1.54, 1.807) is 24.3 Å². The second-order valence-corrected chi connectivity index (χ2v) is 7.40. The fourth-order valence-corrected chi connectivity index (χ4v) is 4.12. The molecule has 2 fully saturated rings. The van der Waals surface area contributed by atoms with E-state index in [4.69, 9.17) is 9.84 Å². The van der Waals surface area contributed by atoms with Crippen molar-refractivity contribution in [2.45, 2.75) is 44.6 Å². The highest BCUT2D eigenvalue weighted by Gasteiger charge is 2.45. The summed E-state index contributed by atoms with van der Waals surface area (Å²) < 4.78 is 5.89. The Morgan fingerprint density at radius 1 is 0.963 bits per heavy atom. The third-order valence-electron chi connectivity index (χ3n) is 5.53. The lowest BCUT2D eigenvalue weighted by molar-refractivity contribution is -0.138. The number of aromatic carboxylic acids is 1. The van der Waals surface area contributed by atoms with E-state index in [1.165, 1.54) is 0 Å². The predicted octanol–water partition coefficient (Wildman–Crippen LogP) is 3.48. The third-order valence-corrected chi connectivity index (χ3v) is 5.53. The van der Waals surface area contributed by atoms with Crippen molar-refractivity contribution in [2.75, 3.05) is 0 Å². The second kappa shape index (κ2) is 7.53. The first-order valence-electron chi connectivity index (χ1n) is 9.40. The number of fused-ring (bicyclic) bond motifs is 2. The molecule has 2 aromatic rings. The van der Waals surface area contributed by atoms with Gasteiger partial charge in [0.2, 0.25) is 5.91 Å². The molecule has 1 amide bonds.